The van der Waals surface area contributed by atoms with Gasteiger partial charge in [-0.1, -0.05) is 0 Å². The predicted molar refractivity (Wildman–Crippen MR) is 64.8 cm³/mol. The molecule has 1 aromatic carbocycles. The number of anilines is 1. The number of nitrogens with one attached hydrogen (secondary N) is 1. The molecule has 0 bridgehead atoms. The molecular weight excluding hydrogens is 216 g/mol. The Hall–Kier alpha value is -2.04. The molecule has 0 spiro atoms. The second-order valence-corrected chi connectivity index (χ2v) is 4.28. The van der Waals surface area contributed by atoms with E-state index >= 15 is 0 Å². The SMILES string of the molecule is COc1ccc(-c2n[nH]c(C3CC3)n2)cc1N. The molecular formula is C12H14N4O. The van der Waals surface area contributed by atoms with Crippen LogP contribution < -0.4 is 10.5 Å². The molecule has 0 radical (unpaired) electrons. The van der Waals surface area contributed by atoms with Crippen molar-refractivity contribution in [3.05, 3.63) is 24.0 Å². The monoisotopic (exact) mass is 230 g/mol. The third-order valence-electron chi connectivity index (χ3n) is 2.95. The summed E-state index contributed by atoms with van der Waals surface area (Å²) in [6, 6.07) is 5.57. The molecule has 3 rings (SSSR count). The van der Waals surface area contributed by atoms with E-state index in [0.717, 1.165) is 11.4 Å². The number of nitrogens with two attached hydrogens (primary N) is 1. The molecule has 3 N–H and O–H groups in total. The van der Waals surface area contributed by atoms with Crippen LogP contribution in [0.15, 0.2) is 18.2 Å². The third kappa shape index (κ3) is 1.84. The van der Waals surface area contributed by atoms with Gasteiger partial charge in [-0.25, -0.2) is 4.98 Å². The lowest BCUT2D eigenvalue weighted by Crippen LogP contribution is -1.93. The Morgan fingerprint density at radius 2 is 2.24 bits per heavy atom. The van der Waals surface area contributed by atoms with Crippen molar-refractivity contribution < 1.29 is 4.74 Å². The highest BCUT2D eigenvalue weighted by atomic mass is 16.5. The van der Waals surface area contributed by atoms with E-state index in [4.69, 9.17) is 10.5 Å². The molecule has 0 atom stereocenters. The zero-order chi connectivity index (χ0) is 11.8. The minimum absolute atomic E-state index is 0.576. The number of hydrogen-bond acceptors (Lipinski definition) is 4. The smallest absolute Gasteiger partial charge is 0.181 e. The van der Waals surface area contributed by atoms with Gasteiger partial charge in [0.05, 0.1) is 12.8 Å². The van der Waals surface area contributed by atoms with Crippen LogP contribution in [0.25, 0.3) is 11.4 Å². The van der Waals surface area contributed by atoms with Gasteiger partial charge in [-0.05, 0) is 31.0 Å². The van der Waals surface area contributed by atoms with E-state index in [9.17, 15) is 0 Å². The quantitative estimate of drug-likeness (QED) is 0.790. The van der Waals surface area contributed by atoms with E-state index < -0.39 is 0 Å². The average Bonchev–Trinajstić information content (AvgIpc) is 3.07. The number of aromatic amines is 1. The summed E-state index contributed by atoms with van der Waals surface area (Å²) in [5, 5.41) is 7.19. The average molecular weight is 230 g/mol. The van der Waals surface area contributed by atoms with Crippen molar-refractivity contribution in [3.8, 4) is 17.1 Å². The van der Waals surface area contributed by atoms with Gasteiger partial charge in [0, 0.05) is 11.5 Å². The molecule has 17 heavy (non-hydrogen) atoms. The Labute approximate surface area is 99.0 Å². The minimum atomic E-state index is 0.576. The minimum Gasteiger partial charge on any atom is -0.495 e. The van der Waals surface area contributed by atoms with Gasteiger partial charge in [-0.2, -0.15) is 5.10 Å². The summed E-state index contributed by atoms with van der Waals surface area (Å²) in [5.74, 6) is 2.93. The lowest BCUT2D eigenvalue weighted by Gasteiger charge is -2.04. The van der Waals surface area contributed by atoms with Crippen molar-refractivity contribution in [1.82, 2.24) is 15.2 Å². The number of H-pyrrole nitrogens is 1. The highest BCUT2D eigenvalue weighted by Crippen LogP contribution is 2.38. The van der Waals surface area contributed by atoms with E-state index in [1.165, 1.54) is 12.8 Å². The molecule has 0 amide bonds. The Balaban J connectivity index is 1.93. The number of benzene rings is 1. The first-order valence-electron chi connectivity index (χ1n) is 5.64. The molecule has 0 unspecified atom stereocenters. The summed E-state index contributed by atoms with van der Waals surface area (Å²) in [6.07, 6.45) is 2.42. The summed E-state index contributed by atoms with van der Waals surface area (Å²) >= 11 is 0. The number of aromatic nitrogens is 3. The zero-order valence-electron chi connectivity index (χ0n) is 9.60. The van der Waals surface area contributed by atoms with Crippen molar-refractivity contribution >= 4 is 5.69 Å². The van der Waals surface area contributed by atoms with Crippen molar-refractivity contribution in [3.63, 3.8) is 0 Å². The van der Waals surface area contributed by atoms with E-state index in [1.54, 1.807) is 7.11 Å². The third-order valence-corrected chi connectivity index (χ3v) is 2.95. The normalized spacial score (nSPS) is 14.9. The maximum absolute atomic E-state index is 5.86. The van der Waals surface area contributed by atoms with Gasteiger partial charge < -0.3 is 10.5 Å². The van der Waals surface area contributed by atoms with E-state index in [0.29, 0.717) is 23.2 Å². The van der Waals surface area contributed by atoms with Gasteiger partial charge in [0.15, 0.2) is 5.82 Å². The lowest BCUT2D eigenvalue weighted by molar-refractivity contribution is 0.417. The van der Waals surface area contributed by atoms with Crippen LogP contribution in [0.3, 0.4) is 0 Å². The second kappa shape index (κ2) is 3.76. The van der Waals surface area contributed by atoms with Crippen LogP contribution >= 0.6 is 0 Å². The van der Waals surface area contributed by atoms with Crippen LogP contribution in [-0.2, 0) is 0 Å². The van der Waals surface area contributed by atoms with Crippen molar-refractivity contribution in [1.29, 1.82) is 0 Å². The number of nitrogens with zero attached hydrogens (tertiary/aromatic N) is 2. The Morgan fingerprint density at radius 3 is 2.88 bits per heavy atom. The number of hydrogen-bond donors (Lipinski definition) is 2. The first-order chi connectivity index (χ1) is 8.28. The predicted octanol–water partition coefficient (Wildman–Crippen LogP) is 1.94. The van der Waals surface area contributed by atoms with Gasteiger partial charge in [0.2, 0.25) is 0 Å². The molecule has 1 aliphatic rings. The van der Waals surface area contributed by atoms with E-state index in [2.05, 4.69) is 15.2 Å². The molecule has 88 valence electrons. The Kier molecular flexibility index (Phi) is 2.24. The summed E-state index contributed by atoms with van der Waals surface area (Å²) in [6.45, 7) is 0. The fourth-order valence-electron chi connectivity index (χ4n) is 1.82. The molecule has 1 aliphatic carbocycles. The molecule has 5 nitrogen and oxygen atoms in total. The summed E-state index contributed by atoms with van der Waals surface area (Å²) < 4.78 is 5.12. The Morgan fingerprint density at radius 1 is 1.41 bits per heavy atom. The van der Waals surface area contributed by atoms with Gasteiger partial charge in [0.25, 0.3) is 0 Å². The molecule has 1 aromatic heterocycles. The zero-order valence-corrected chi connectivity index (χ0v) is 9.60. The summed E-state index contributed by atoms with van der Waals surface area (Å²) in [7, 11) is 1.60. The lowest BCUT2D eigenvalue weighted by atomic mass is 10.2. The highest BCUT2D eigenvalue weighted by molar-refractivity contribution is 5.66. The van der Waals surface area contributed by atoms with Gasteiger partial charge in [0.1, 0.15) is 11.6 Å². The summed E-state index contributed by atoms with van der Waals surface area (Å²) in [5.41, 5.74) is 7.37. The maximum Gasteiger partial charge on any atom is 0.181 e. The van der Waals surface area contributed by atoms with Gasteiger partial charge in [-0.15, -0.1) is 0 Å². The van der Waals surface area contributed by atoms with Crippen LogP contribution in [0, 0.1) is 0 Å². The standard InChI is InChI=1S/C12H14N4O/c1-17-10-5-4-8(6-9(10)13)12-14-11(15-16-12)7-2-3-7/h4-7H,2-3,13H2,1H3,(H,14,15,16). The largest absolute Gasteiger partial charge is 0.495 e. The second-order valence-electron chi connectivity index (χ2n) is 4.28. The van der Waals surface area contributed by atoms with Crippen molar-refractivity contribution in [2.75, 3.05) is 12.8 Å². The van der Waals surface area contributed by atoms with Crippen LogP contribution in [0.4, 0.5) is 5.69 Å². The summed E-state index contributed by atoms with van der Waals surface area (Å²) in [4.78, 5) is 4.48. The number of methoxy groups -OCH3 is 1. The first kappa shape index (κ1) is 10.1. The number of nitrogen functional groups attached to an aromatic ring is 1. The maximum atomic E-state index is 5.86. The number of ether oxygens (including phenoxy) is 1. The van der Waals surface area contributed by atoms with Crippen LogP contribution in [0.5, 0.6) is 5.75 Å². The van der Waals surface area contributed by atoms with E-state index in [1.807, 2.05) is 18.2 Å². The molecule has 2 aromatic rings. The van der Waals surface area contributed by atoms with E-state index in [-0.39, 0.29) is 0 Å². The highest BCUT2D eigenvalue weighted by Gasteiger charge is 2.27. The van der Waals surface area contributed by atoms with Crippen LogP contribution in [0.2, 0.25) is 0 Å². The topological polar surface area (TPSA) is 76.8 Å². The Bertz CT molecular complexity index is 545. The molecule has 1 saturated carbocycles. The fourth-order valence-corrected chi connectivity index (χ4v) is 1.82. The number of rotatable bonds is 3. The van der Waals surface area contributed by atoms with Crippen LogP contribution in [0.1, 0.15) is 24.6 Å². The van der Waals surface area contributed by atoms with Crippen molar-refractivity contribution in [2.45, 2.75) is 18.8 Å². The van der Waals surface area contributed by atoms with Gasteiger partial charge >= 0.3 is 0 Å². The first-order valence-corrected chi connectivity index (χ1v) is 5.64. The molecule has 1 heterocycles. The molecule has 1 fully saturated rings. The molecule has 5 heteroatoms. The molecule has 0 aliphatic heterocycles. The fraction of sp³-hybridized carbons (Fsp3) is 0.333. The molecule has 0 saturated heterocycles. The van der Waals surface area contributed by atoms with Crippen molar-refractivity contribution in [2.24, 2.45) is 0 Å². The van der Waals surface area contributed by atoms with Gasteiger partial charge in [-0.3, -0.25) is 5.10 Å². The van der Waals surface area contributed by atoms with Crippen LogP contribution in [-0.4, -0.2) is 22.3 Å².